The molecule has 0 radical (unpaired) electrons. The van der Waals surface area contributed by atoms with Crippen molar-refractivity contribution in [3.05, 3.63) is 21.6 Å². The molecule has 1 N–H and O–H groups in total. The monoisotopic (exact) mass is 264 g/mol. The summed E-state index contributed by atoms with van der Waals surface area (Å²) in [4.78, 5) is 17.2. The van der Waals surface area contributed by atoms with Crippen LogP contribution < -0.4 is 5.32 Å². The van der Waals surface area contributed by atoms with Crippen molar-refractivity contribution in [3.63, 3.8) is 0 Å². The topological polar surface area (TPSA) is 98.0 Å². The van der Waals surface area contributed by atoms with E-state index in [1.165, 1.54) is 0 Å². The molecule has 0 spiro atoms. The average molecular weight is 265 g/mol. The third-order valence-electron chi connectivity index (χ3n) is 1.62. The first-order valence-electron chi connectivity index (χ1n) is 4.21. The molecule has 1 rings (SSSR count). The van der Waals surface area contributed by atoms with Gasteiger partial charge in [-0.1, -0.05) is 0 Å². The lowest BCUT2D eigenvalue weighted by Crippen LogP contribution is -2.12. The highest BCUT2D eigenvalue weighted by molar-refractivity contribution is 7.84. The minimum Gasteiger partial charge on any atom is -0.363 e. The standard InChI is InChI=1S/C7H9ClN4O3S/c1-16(15)3-2-9-6-5(12(13)14)4-10-7(8)11-6/h4H,2-3H2,1H3,(H,9,10,11). The number of aromatic nitrogens is 2. The molecule has 7 nitrogen and oxygen atoms in total. The molecule has 0 aliphatic rings. The van der Waals surface area contributed by atoms with Crippen molar-refractivity contribution in [2.75, 3.05) is 23.9 Å². The number of rotatable bonds is 5. The van der Waals surface area contributed by atoms with Gasteiger partial charge in [0.25, 0.3) is 0 Å². The molecule has 0 aliphatic carbocycles. The normalized spacial score (nSPS) is 12.1. The van der Waals surface area contributed by atoms with Crippen LogP contribution in [0, 0.1) is 10.1 Å². The molecule has 0 amide bonds. The molecule has 88 valence electrons. The fourth-order valence-corrected chi connectivity index (χ4v) is 1.45. The Morgan fingerprint density at radius 3 is 2.94 bits per heavy atom. The molecule has 0 fully saturated rings. The van der Waals surface area contributed by atoms with E-state index in [1.54, 1.807) is 6.26 Å². The largest absolute Gasteiger partial charge is 0.363 e. The Balaban J connectivity index is 2.80. The molecule has 1 heterocycles. The maximum Gasteiger partial charge on any atom is 0.329 e. The van der Waals surface area contributed by atoms with Crippen LogP contribution in [0.5, 0.6) is 0 Å². The van der Waals surface area contributed by atoms with E-state index in [-0.39, 0.29) is 16.8 Å². The Hall–Kier alpha value is -1.28. The van der Waals surface area contributed by atoms with Crippen molar-refractivity contribution >= 4 is 33.9 Å². The molecule has 1 aromatic heterocycles. The maximum absolute atomic E-state index is 10.8. The van der Waals surface area contributed by atoms with E-state index in [9.17, 15) is 14.3 Å². The Labute approximate surface area is 98.8 Å². The first-order chi connectivity index (χ1) is 7.50. The number of halogens is 1. The zero-order chi connectivity index (χ0) is 12.1. The number of hydrogen-bond donors (Lipinski definition) is 1. The Kier molecular flexibility index (Phi) is 4.56. The van der Waals surface area contributed by atoms with Crippen molar-refractivity contribution in [1.82, 2.24) is 9.97 Å². The molecule has 0 aromatic carbocycles. The summed E-state index contributed by atoms with van der Waals surface area (Å²) in [6.45, 7) is 0.317. The highest BCUT2D eigenvalue weighted by Gasteiger charge is 2.16. The van der Waals surface area contributed by atoms with Crippen LogP contribution in [0.25, 0.3) is 0 Å². The van der Waals surface area contributed by atoms with Crippen LogP contribution in [0.2, 0.25) is 5.28 Å². The summed E-state index contributed by atoms with van der Waals surface area (Å²) in [7, 11) is -0.971. The van der Waals surface area contributed by atoms with Crippen LogP contribution >= 0.6 is 11.6 Å². The number of nitro groups is 1. The van der Waals surface area contributed by atoms with Crippen molar-refractivity contribution in [3.8, 4) is 0 Å². The molecule has 0 saturated heterocycles. The summed E-state index contributed by atoms with van der Waals surface area (Å²) in [6.07, 6.45) is 2.57. The number of nitrogens with one attached hydrogen (secondary N) is 1. The molecule has 0 bridgehead atoms. The van der Waals surface area contributed by atoms with E-state index in [0.29, 0.717) is 12.3 Å². The van der Waals surface area contributed by atoms with Crippen LogP contribution in [0.3, 0.4) is 0 Å². The molecule has 1 unspecified atom stereocenters. The van der Waals surface area contributed by atoms with Crippen molar-refractivity contribution in [2.45, 2.75) is 0 Å². The third kappa shape index (κ3) is 3.70. The van der Waals surface area contributed by atoms with Gasteiger partial charge in [-0.05, 0) is 11.6 Å². The van der Waals surface area contributed by atoms with Crippen LogP contribution in [0.1, 0.15) is 0 Å². The molecule has 1 aromatic rings. The quantitative estimate of drug-likeness (QED) is 0.480. The fourth-order valence-electron chi connectivity index (χ4n) is 0.931. The maximum atomic E-state index is 10.8. The second kappa shape index (κ2) is 5.71. The predicted molar refractivity (Wildman–Crippen MR) is 61.1 cm³/mol. The van der Waals surface area contributed by atoms with Crippen molar-refractivity contribution in [1.29, 1.82) is 0 Å². The van der Waals surface area contributed by atoms with Gasteiger partial charge in [-0.3, -0.25) is 14.3 Å². The lowest BCUT2D eigenvalue weighted by molar-refractivity contribution is -0.384. The first kappa shape index (κ1) is 12.8. The molecular formula is C7H9ClN4O3S. The number of hydrogen-bond acceptors (Lipinski definition) is 6. The van der Waals surface area contributed by atoms with Gasteiger partial charge < -0.3 is 5.32 Å². The second-order valence-electron chi connectivity index (χ2n) is 2.83. The highest BCUT2D eigenvalue weighted by Crippen LogP contribution is 2.21. The number of anilines is 1. The van der Waals surface area contributed by atoms with Gasteiger partial charge in [0.1, 0.15) is 6.20 Å². The van der Waals surface area contributed by atoms with Gasteiger partial charge in [-0.25, -0.2) is 4.98 Å². The molecule has 1 atom stereocenters. The minimum atomic E-state index is -0.971. The summed E-state index contributed by atoms with van der Waals surface area (Å²) in [5, 5.41) is 13.2. The van der Waals surface area contributed by atoms with Gasteiger partial charge in [-0.15, -0.1) is 0 Å². The Morgan fingerprint density at radius 1 is 1.69 bits per heavy atom. The Bertz CT molecular complexity index is 428. The van der Waals surface area contributed by atoms with Gasteiger partial charge in [0.05, 0.1) is 4.92 Å². The molecule has 0 aliphatic heterocycles. The second-order valence-corrected chi connectivity index (χ2v) is 4.73. The summed E-state index contributed by atoms with van der Waals surface area (Å²) in [5.74, 6) is 0.411. The van der Waals surface area contributed by atoms with Gasteiger partial charge in [0.2, 0.25) is 11.1 Å². The number of nitrogens with zero attached hydrogens (tertiary/aromatic N) is 3. The van der Waals surface area contributed by atoms with Crippen molar-refractivity contribution < 1.29 is 9.13 Å². The zero-order valence-corrected chi connectivity index (χ0v) is 9.92. The van der Waals surface area contributed by atoms with E-state index < -0.39 is 15.7 Å². The summed E-state index contributed by atoms with van der Waals surface area (Å²) >= 11 is 5.52. The van der Waals surface area contributed by atoms with E-state index >= 15 is 0 Å². The fraction of sp³-hybridized carbons (Fsp3) is 0.429. The van der Waals surface area contributed by atoms with Gasteiger partial charge in [0.15, 0.2) is 0 Å². The van der Waals surface area contributed by atoms with Gasteiger partial charge in [0, 0.05) is 29.4 Å². The molecule has 9 heteroatoms. The van der Waals surface area contributed by atoms with E-state index in [4.69, 9.17) is 11.6 Å². The van der Waals surface area contributed by atoms with Crippen LogP contribution in [0.4, 0.5) is 11.5 Å². The van der Waals surface area contributed by atoms with Crippen LogP contribution in [-0.4, -0.2) is 37.7 Å². The molecule has 16 heavy (non-hydrogen) atoms. The van der Waals surface area contributed by atoms with E-state index in [0.717, 1.165) is 6.20 Å². The minimum absolute atomic E-state index is 0.0375. The summed E-state index contributed by atoms with van der Waals surface area (Å²) in [6, 6.07) is 0. The lowest BCUT2D eigenvalue weighted by Gasteiger charge is -2.04. The first-order valence-corrected chi connectivity index (χ1v) is 6.32. The smallest absolute Gasteiger partial charge is 0.329 e. The van der Waals surface area contributed by atoms with E-state index in [1.807, 2.05) is 0 Å². The Morgan fingerprint density at radius 2 is 2.38 bits per heavy atom. The predicted octanol–water partition coefficient (Wildman–Crippen LogP) is 0.829. The summed E-state index contributed by atoms with van der Waals surface area (Å²) in [5.41, 5.74) is -0.258. The van der Waals surface area contributed by atoms with Crippen LogP contribution in [0.15, 0.2) is 6.20 Å². The van der Waals surface area contributed by atoms with Crippen LogP contribution in [-0.2, 0) is 10.8 Å². The highest BCUT2D eigenvalue weighted by atomic mass is 35.5. The SMILES string of the molecule is CS(=O)CCNc1nc(Cl)ncc1[N+](=O)[O-]. The molecule has 0 saturated carbocycles. The van der Waals surface area contributed by atoms with Gasteiger partial charge >= 0.3 is 5.69 Å². The van der Waals surface area contributed by atoms with E-state index in [2.05, 4.69) is 15.3 Å². The van der Waals surface area contributed by atoms with Gasteiger partial charge in [-0.2, -0.15) is 4.98 Å². The third-order valence-corrected chi connectivity index (χ3v) is 2.58. The lowest BCUT2D eigenvalue weighted by atomic mass is 10.5. The van der Waals surface area contributed by atoms with Crippen molar-refractivity contribution in [2.24, 2.45) is 0 Å². The zero-order valence-electron chi connectivity index (χ0n) is 8.34. The summed E-state index contributed by atoms with van der Waals surface area (Å²) < 4.78 is 10.8. The average Bonchev–Trinajstić information content (AvgIpc) is 2.16. The molecular weight excluding hydrogens is 256 g/mol.